The minimum atomic E-state index is 0.240. The van der Waals surface area contributed by atoms with Crippen molar-refractivity contribution in [2.45, 2.75) is 13.8 Å². The normalized spacial score (nSPS) is 11.0. The van der Waals surface area contributed by atoms with Gasteiger partial charge in [-0.25, -0.2) is 0 Å². The van der Waals surface area contributed by atoms with Gasteiger partial charge in [0.15, 0.2) is 5.01 Å². The van der Waals surface area contributed by atoms with Crippen molar-refractivity contribution < 1.29 is 4.74 Å². The van der Waals surface area contributed by atoms with E-state index in [1.165, 1.54) is 16.0 Å². The average Bonchev–Trinajstić information content (AvgIpc) is 3.43. The summed E-state index contributed by atoms with van der Waals surface area (Å²) in [4.78, 5) is 8.60. The Labute approximate surface area is 192 Å². The van der Waals surface area contributed by atoms with Crippen LogP contribution < -0.4 is 15.4 Å². The van der Waals surface area contributed by atoms with E-state index < -0.39 is 0 Å². The zero-order chi connectivity index (χ0) is 22.9. The van der Waals surface area contributed by atoms with Crippen molar-refractivity contribution in [2.75, 3.05) is 50.0 Å². The Morgan fingerprint density at radius 3 is 2.53 bits per heavy atom. The van der Waals surface area contributed by atoms with Crippen molar-refractivity contribution in [3.8, 4) is 21.5 Å². The predicted octanol–water partition coefficient (Wildman–Crippen LogP) is 3.27. The van der Waals surface area contributed by atoms with Crippen LogP contribution in [0.2, 0.25) is 0 Å². The van der Waals surface area contributed by atoms with E-state index in [2.05, 4.69) is 52.2 Å². The van der Waals surface area contributed by atoms with Crippen LogP contribution in [0.3, 0.4) is 0 Å². The fraction of sp³-hybridized carbons (Fsp3) is 0.364. The molecule has 2 heterocycles. The van der Waals surface area contributed by atoms with E-state index in [-0.39, 0.29) is 5.95 Å². The molecule has 0 unspecified atom stereocenters. The van der Waals surface area contributed by atoms with Crippen molar-refractivity contribution in [2.24, 2.45) is 0 Å². The number of aromatic nitrogens is 5. The van der Waals surface area contributed by atoms with Gasteiger partial charge in [-0.05, 0) is 25.2 Å². The van der Waals surface area contributed by atoms with Gasteiger partial charge in [0.2, 0.25) is 17.0 Å². The second-order valence-corrected chi connectivity index (χ2v) is 7.88. The van der Waals surface area contributed by atoms with E-state index in [0.29, 0.717) is 30.8 Å². The Kier molecular flexibility index (Phi) is 8.34. The molecule has 1 aromatic carbocycles. The van der Waals surface area contributed by atoms with Gasteiger partial charge in [-0.3, -0.25) is 0 Å². The molecule has 0 spiro atoms. The highest BCUT2D eigenvalue weighted by atomic mass is 32.1. The van der Waals surface area contributed by atoms with Gasteiger partial charge >= 0.3 is 0 Å². The van der Waals surface area contributed by atoms with Gasteiger partial charge in [0, 0.05) is 19.6 Å². The Balaban J connectivity index is 1.81. The highest BCUT2D eigenvalue weighted by molar-refractivity contribution is 7.17. The SMILES string of the molecule is C=CCN(CC=C)c1nc(N)n(-c2nnc(-c3ccccc3OCCN(CC)CC)s2)n1. The summed E-state index contributed by atoms with van der Waals surface area (Å²) in [5.41, 5.74) is 7.01. The number of nitrogens with two attached hydrogens (primary N) is 1. The van der Waals surface area contributed by atoms with Crippen LogP contribution >= 0.6 is 11.3 Å². The van der Waals surface area contributed by atoms with Crippen molar-refractivity contribution in [1.29, 1.82) is 0 Å². The molecule has 0 saturated carbocycles. The molecule has 2 N–H and O–H groups in total. The Morgan fingerprint density at radius 1 is 1.12 bits per heavy atom. The van der Waals surface area contributed by atoms with Crippen LogP contribution in [0.15, 0.2) is 49.6 Å². The van der Waals surface area contributed by atoms with E-state index in [0.717, 1.165) is 36.0 Å². The number of para-hydroxylation sites is 1. The topological polar surface area (TPSA) is 98.2 Å². The Hall–Kier alpha value is -3.24. The molecule has 0 bridgehead atoms. The molecule has 0 radical (unpaired) electrons. The van der Waals surface area contributed by atoms with E-state index in [4.69, 9.17) is 10.5 Å². The molecule has 0 fully saturated rings. The second-order valence-electron chi connectivity index (χ2n) is 6.93. The van der Waals surface area contributed by atoms with Crippen LogP contribution in [-0.2, 0) is 0 Å². The summed E-state index contributed by atoms with van der Waals surface area (Å²) in [5, 5.41) is 14.4. The fourth-order valence-corrected chi connectivity index (χ4v) is 3.98. The van der Waals surface area contributed by atoms with Gasteiger partial charge in [0.1, 0.15) is 12.4 Å². The summed E-state index contributed by atoms with van der Waals surface area (Å²) >= 11 is 1.38. The van der Waals surface area contributed by atoms with E-state index in [9.17, 15) is 0 Å². The quantitative estimate of drug-likeness (QED) is 0.393. The molecule has 3 aromatic rings. The molecular formula is C22H30N8OS. The van der Waals surface area contributed by atoms with Gasteiger partial charge < -0.3 is 20.3 Å². The minimum absolute atomic E-state index is 0.240. The van der Waals surface area contributed by atoms with E-state index in [1.807, 2.05) is 29.2 Å². The molecule has 0 aliphatic rings. The van der Waals surface area contributed by atoms with Crippen LogP contribution in [0.25, 0.3) is 15.7 Å². The van der Waals surface area contributed by atoms with Crippen LogP contribution in [0, 0.1) is 0 Å². The molecule has 9 nitrogen and oxygen atoms in total. The first-order valence-corrected chi connectivity index (χ1v) is 11.4. The maximum Gasteiger partial charge on any atom is 0.247 e. The molecule has 0 saturated heterocycles. The van der Waals surface area contributed by atoms with Crippen LogP contribution in [0.1, 0.15) is 13.8 Å². The minimum Gasteiger partial charge on any atom is -0.492 e. The lowest BCUT2D eigenvalue weighted by atomic mass is 10.2. The summed E-state index contributed by atoms with van der Waals surface area (Å²) in [6, 6.07) is 7.83. The molecule has 3 rings (SSSR count). The first-order chi connectivity index (χ1) is 15.6. The molecule has 0 aliphatic carbocycles. The molecular weight excluding hydrogens is 424 g/mol. The monoisotopic (exact) mass is 454 g/mol. The first kappa shape index (κ1) is 23.4. The largest absolute Gasteiger partial charge is 0.492 e. The Bertz CT molecular complexity index is 1020. The third kappa shape index (κ3) is 5.51. The summed E-state index contributed by atoms with van der Waals surface area (Å²) in [6.45, 7) is 16.5. The van der Waals surface area contributed by atoms with Gasteiger partial charge in [-0.1, -0.05) is 49.5 Å². The zero-order valence-electron chi connectivity index (χ0n) is 18.6. The van der Waals surface area contributed by atoms with Gasteiger partial charge in [0.25, 0.3) is 0 Å². The van der Waals surface area contributed by atoms with Crippen molar-refractivity contribution >= 4 is 23.2 Å². The molecule has 0 atom stereocenters. The smallest absolute Gasteiger partial charge is 0.247 e. The van der Waals surface area contributed by atoms with Crippen molar-refractivity contribution in [3.05, 3.63) is 49.6 Å². The maximum atomic E-state index is 6.12. The van der Waals surface area contributed by atoms with Crippen molar-refractivity contribution in [3.63, 3.8) is 0 Å². The molecule has 0 aliphatic heterocycles. The average molecular weight is 455 g/mol. The Morgan fingerprint density at radius 2 is 1.84 bits per heavy atom. The number of likely N-dealkylation sites (N-methyl/N-ethyl adjacent to an activating group) is 1. The molecule has 2 aromatic heterocycles. The number of rotatable bonds is 13. The highest BCUT2D eigenvalue weighted by Crippen LogP contribution is 2.33. The van der Waals surface area contributed by atoms with Gasteiger partial charge in [0.05, 0.1) is 5.56 Å². The number of benzene rings is 1. The summed E-state index contributed by atoms with van der Waals surface area (Å²) in [6.07, 6.45) is 3.56. The number of nitrogens with zero attached hydrogens (tertiary/aromatic N) is 7. The lowest BCUT2D eigenvalue weighted by Crippen LogP contribution is -2.27. The molecule has 10 heteroatoms. The van der Waals surface area contributed by atoms with E-state index in [1.54, 1.807) is 12.2 Å². The second kappa shape index (κ2) is 11.4. The maximum absolute atomic E-state index is 6.12. The molecule has 0 amide bonds. The van der Waals surface area contributed by atoms with Crippen LogP contribution in [-0.4, -0.2) is 69.2 Å². The fourth-order valence-electron chi connectivity index (χ4n) is 3.14. The zero-order valence-corrected chi connectivity index (χ0v) is 19.5. The lowest BCUT2D eigenvalue weighted by molar-refractivity contribution is 0.223. The van der Waals surface area contributed by atoms with Crippen LogP contribution in [0.4, 0.5) is 11.9 Å². The highest BCUT2D eigenvalue weighted by Gasteiger charge is 2.18. The van der Waals surface area contributed by atoms with E-state index >= 15 is 0 Å². The standard InChI is InChI=1S/C22H30N8OS/c1-5-13-29(14-6-2)21-24-20(23)30(27-21)22-26-25-19(32-22)17-11-9-10-12-18(17)31-16-15-28(7-3)8-4/h5-6,9-12H,1-2,7-8,13-16H2,3-4H3,(H2,23,24,27). The third-order valence-corrected chi connectivity index (χ3v) is 5.81. The number of hydrogen-bond acceptors (Lipinski definition) is 9. The molecule has 170 valence electrons. The number of ether oxygens (including phenoxy) is 1. The predicted molar refractivity (Wildman–Crippen MR) is 131 cm³/mol. The molecule has 32 heavy (non-hydrogen) atoms. The van der Waals surface area contributed by atoms with Gasteiger partial charge in [-0.15, -0.1) is 28.5 Å². The summed E-state index contributed by atoms with van der Waals surface area (Å²) in [5.74, 6) is 1.50. The number of nitrogen functional groups attached to an aromatic ring is 1. The summed E-state index contributed by atoms with van der Waals surface area (Å²) in [7, 11) is 0. The van der Waals surface area contributed by atoms with Crippen molar-refractivity contribution in [1.82, 2.24) is 29.9 Å². The third-order valence-electron chi connectivity index (χ3n) is 4.88. The lowest BCUT2D eigenvalue weighted by Gasteiger charge is -2.18. The van der Waals surface area contributed by atoms with Crippen LogP contribution in [0.5, 0.6) is 5.75 Å². The van der Waals surface area contributed by atoms with Gasteiger partial charge in [-0.2, -0.15) is 9.67 Å². The number of anilines is 2. The summed E-state index contributed by atoms with van der Waals surface area (Å²) < 4.78 is 7.57. The number of hydrogen-bond donors (Lipinski definition) is 1. The first-order valence-electron chi connectivity index (χ1n) is 10.6.